The molecule has 2 aliphatic carbocycles. The van der Waals surface area contributed by atoms with Crippen molar-refractivity contribution in [3.63, 3.8) is 0 Å². The quantitative estimate of drug-likeness (QED) is 0.903. The van der Waals surface area contributed by atoms with Crippen LogP contribution in [0, 0.1) is 17.0 Å². The van der Waals surface area contributed by atoms with Crippen LogP contribution in [0.3, 0.4) is 0 Å². The molecule has 2 aromatic rings. The number of aromatic nitrogens is 2. The molecule has 1 aromatic heterocycles. The molecule has 0 atom stereocenters. The van der Waals surface area contributed by atoms with Crippen molar-refractivity contribution in [2.24, 2.45) is 5.41 Å². The van der Waals surface area contributed by atoms with Crippen molar-refractivity contribution in [2.75, 3.05) is 5.32 Å². The topological polar surface area (TPSA) is 54.9 Å². The second-order valence-electron chi connectivity index (χ2n) is 6.95. The summed E-state index contributed by atoms with van der Waals surface area (Å²) in [6.45, 7) is 2.13. The molecule has 0 radical (unpaired) electrons. The van der Waals surface area contributed by atoms with Gasteiger partial charge in [0.05, 0.1) is 18.1 Å². The van der Waals surface area contributed by atoms with E-state index in [1.54, 1.807) is 6.20 Å². The van der Waals surface area contributed by atoms with Gasteiger partial charge in [-0.3, -0.25) is 9.78 Å². The van der Waals surface area contributed by atoms with Crippen LogP contribution < -0.4 is 5.32 Å². The Morgan fingerprint density at radius 3 is 2.40 bits per heavy atom. The van der Waals surface area contributed by atoms with Gasteiger partial charge in [-0.15, -0.1) is 0 Å². The Labute approximate surface area is 144 Å². The van der Waals surface area contributed by atoms with E-state index in [0.717, 1.165) is 30.7 Å². The van der Waals surface area contributed by atoms with Gasteiger partial charge in [-0.25, -0.2) is 13.8 Å². The monoisotopic (exact) mass is 341 g/mol. The summed E-state index contributed by atoms with van der Waals surface area (Å²) in [6.07, 6.45) is 7.71. The molecule has 128 valence electrons. The van der Waals surface area contributed by atoms with Crippen LogP contribution in [-0.4, -0.2) is 15.9 Å². The number of carbonyl (C=O) groups excluding carboxylic acids is 1. The minimum Gasteiger partial charge on any atom is -0.305 e. The summed E-state index contributed by atoms with van der Waals surface area (Å²) in [5.41, 5.74) is 3.20. The molecule has 1 spiro atoms. The largest absolute Gasteiger partial charge is 0.305 e. The predicted molar refractivity (Wildman–Crippen MR) is 89.8 cm³/mol. The molecule has 2 aliphatic rings. The van der Waals surface area contributed by atoms with Crippen LogP contribution in [0.15, 0.2) is 36.2 Å². The maximum Gasteiger partial charge on any atom is 0.262 e. The lowest BCUT2D eigenvalue weighted by atomic mass is 10.0. The fourth-order valence-corrected chi connectivity index (χ4v) is 3.54. The molecule has 6 heteroatoms. The highest BCUT2D eigenvalue weighted by Crippen LogP contribution is 2.61. The van der Waals surface area contributed by atoms with E-state index in [1.807, 2.05) is 0 Å². The third-order valence-electron chi connectivity index (χ3n) is 5.06. The first-order chi connectivity index (χ1) is 12.0. The van der Waals surface area contributed by atoms with Crippen LogP contribution >= 0.6 is 0 Å². The van der Waals surface area contributed by atoms with E-state index in [-0.39, 0.29) is 5.82 Å². The fraction of sp³-hybridized carbons (Fsp3) is 0.316. The van der Waals surface area contributed by atoms with Gasteiger partial charge in [-0.2, -0.15) is 0 Å². The van der Waals surface area contributed by atoms with Gasteiger partial charge in [-0.1, -0.05) is 11.6 Å². The lowest BCUT2D eigenvalue weighted by Gasteiger charge is -2.08. The van der Waals surface area contributed by atoms with Crippen molar-refractivity contribution in [2.45, 2.75) is 32.6 Å². The molecule has 1 N–H and O–H groups in total. The average molecular weight is 341 g/mol. The summed E-state index contributed by atoms with van der Waals surface area (Å²) in [5, 5.41) is 2.39. The van der Waals surface area contributed by atoms with Crippen LogP contribution in [0.2, 0.25) is 0 Å². The summed E-state index contributed by atoms with van der Waals surface area (Å²) in [4.78, 5) is 20.6. The summed E-state index contributed by atoms with van der Waals surface area (Å²) in [7, 11) is 0. The Hall–Kier alpha value is -2.63. The third kappa shape index (κ3) is 2.92. The number of rotatable bonds is 3. The number of anilines is 1. The molecule has 0 aliphatic heterocycles. The second-order valence-corrected chi connectivity index (χ2v) is 6.95. The second kappa shape index (κ2) is 5.72. The lowest BCUT2D eigenvalue weighted by molar-refractivity contribution is 0.101. The Balaban J connectivity index is 1.51. The van der Waals surface area contributed by atoms with Crippen LogP contribution in [0.25, 0.3) is 5.57 Å². The normalized spacial score (nSPS) is 17.9. The Morgan fingerprint density at radius 2 is 1.84 bits per heavy atom. The summed E-state index contributed by atoms with van der Waals surface area (Å²) in [6, 6.07) is 3.28. The van der Waals surface area contributed by atoms with E-state index in [2.05, 4.69) is 22.2 Å². The van der Waals surface area contributed by atoms with Crippen LogP contribution in [0.4, 0.5) is 14.6 Å². The maximum absolute atomic E-state index is 13.7. The molecular weight excluding hydrogens is 324 g/mol. The van der Waals surface area contributed by atoms with Crippen molar-refractivity contribution < 1.29 is 13.6 Å². The summed E-state index contributed by atoms with van der Waals surface area (Å²) in [5.74, 6) is -2.55. The van der Waals surface area contributed by atoms with E-state index < -0.39 is 23.1 Å². The summed E-state index contributed by atoms with van der Waals surface area (Å²) >= 11 is 0. The van der Waals surface area contributed by atoms with Crippen LogP contribution in [0.1, 0.15) is 48.7 Å². The summed E-state index contributed by atoms with van der Waals surface area (Å²) < 4.78 is 27.3. The number of amides is 1. The van der Waals surface area contributed by atoms with Gasteiger partial charge in [0.2, 0.25) is 0 Å². The number of halogens is 2. The van der Waals surface area contributed by atoms with Gasteiger partial charge in [0.1, 0.15) is 17.2 Å². The Morgan fingerprint density at radius 1 is 1.12 bits per heavy atom. The van der Waals surface area contributed by atoms with Crippen molar-refractivity contribution in [3.05, 3.63) is 59.1 Å². The first-order valence-corrected chi connectivity index (χ1v) is 8.24. The maximum atomic E-state index is 13.7. The zero-order valence-electron chi connectivity index (χ0n) is 13.8. The molecule has 1 fully saturated rings. The predicted octanol–water partition coefficient (Wildman–Crippen LogP) is 4.35. The smallest absolute Gasteiger partial charge is 0.262 e. The zero-order chi connectivity index (χ0) is 17.6. The zero-order valence-corrected chi connectivity index (χ0v) is 13.8. The van der Waals surface area contributed by atoms with Crippen molar-refractivity contribution in [3.8, 4) is 0 Å². The molecule has 4 nitrogen and oxygen atoms in total. The van der Waals surface area contributed by atoms with Gasteiger partial charge in [-0.05, 0) is 55.7 Å². The molecule has 1 heterocycles. The molecule has 1 aromatic carbocycles. The van der Waals surface area contributed by atoms with Crippen LogP contribution in [-0.2, 0) is 0 Å². The van der Waals surface area contributed by atoms with E-state index in [0.29, 0.717) is 5.41 Å². The molecule has 1 saturated carbocycles. The molecule has 25 heavy (non-hydrogen) atoms. The minimum absolute atomic E-state index is 0.161. The van der Waals surface area contributed by atoms with Crippen molar-refractivity contribution >= 4 is 17.3 Å². The van der Waals surface area contributed by atoms with Crippen molar-refractivity contribution in [1.82, 2.24) is 9.97 Å². The number of allylic oxidation sites excluding steroid dienone is 2. The average Bonchev–Trinajstić information content (AvgIpc) is 3.24. The highest BCUT2D eigenvalue weighted by molar-refractivity contribution is 6.04. The van der Waals surface area contributed by atoms with Gasteiger partial charge in [0.25, 0.3) is 5.91 Å². The number of nitrogens with one attached hydrogen (secondary N) is 1. The van der Waals surface area contributed by atoms with Gasteiger partial charge < -0.3 is 5.32 Å². The van der Waals surface area contributed by atoms with Gasteiger partial charge >= 0.3 is 0 Å². The van der Waals surface area contributed by atoms with Gasteiger partial charge in [0.15, 0.2) is 5.82 Å². The number of nitrogens with zero attached hydrogens (tertiary/aromatic N) is 2. The molecular formula is C19H17F2N3O. The lowest BCUT2D eigenvalue weighted by Crippen LogP contribution is -2.16. The highest BCUT2D eigenvalue weighted by Gasteiger charge is 2.47. The molecule has 1 amide bonds. The Kier molecular flexibility index (Phi) is 3.63. The van der Waals surface area contributed by atoms with Crippen LogP contribution in [0.5, 0.6) is 0 Å². The first kappa shape index (κ1) is 15.9. The molecule has 0 saturated heterocycles. The number of hydrogen-bond donors (Lipinski definition) is 1. The van der Waals surface area contributed by atoms with Gasteiger partial charge in [0, 0.05) is 0 Å². The van der Waals surface area contributed by atoms with E-state index in [9.17, 15) is 13.6 Å². The third-order valence-corrected chi connectivity index (χ3v) is 5.06. The van der Waals surface area contributed by atoms with E-state index >= 15 is 0 Å². The Bertz CT molecular complexity index is 866. The van der Waals surface area contributed by atoms with E-state index in [4.69, 9.17) is 0 Å². The standard InChI is InChI=1S/C19H17F2N3O/c1-11-7-19(5-6-19)8-12(11)15-9-23-16(10-22-15)24-18(25)17-13(20)3-2-4-14(17)21/h2-4,9-10H,5-8H2,1H3,(H,23,24,25). The number of carbonyl (C=O) groups is 1. The van der Waals surface area contributed by atoms with Crippen molar-refractivity contribution in [1.29, 1.82) is 0 Å². The molecule has 0 unspecified atom stereocenters. The number of benzene rings is 1. The number of hydrogen-bond acceptors (Lipinski definition) is 3. The molecule has 0 bridgehead atoms. The highest BCUT2D eigenvalue weighted by atomic mass is 19.1. The SMILES string of the molecule is CC1=C(c2cnc(NC(=O)c3c(F)cccc3F)cn2)CC2(CC2)C1. The first-order valence-electron chi connectivity index (χ1n) is 8.24. The minimum atomic E-state index is -0.913. The van der Waals surface area contributed by atoms with E-state index in [1.165, 1.54) is 36.3 Å². The fourth-order valence-electron chi connectivity index (χ4n) is 3.54. The molecule has 4 rings (SSSR count).